The number of hydrogen-bond donors (Lipinski definition) is 1. The van der Waals surface area contributed by atoms with Crippen molar-refractivity contribution < 1.29 is 13.9 Å². The Bertz CT molecular complexity index is 354. The fraction of sp³-hybridized carbons (Fsp3) is 0.125. The Hall–Kier alpha value is -1.29. The normalized spacial score (nSPS) is 9.77. The van der Waals surface area contributed by atoms with Crippen LogP contribution in [0, 0.1) is 5.82 Å². The summed E-state index contributed by atoms with van der Waals surface area (Å²) in [6, 6.07) is 2.61. The van der Waals surface area contributed by atoms with Crippen LogP contribution in [-0.2, 0) is 0 Å². The molecule has 1 rings (SSSR count). The Kier molecular flexibility index (Phi) is 2.72. The quantitative estimate of drug-likeness (QED) is 0.794. The zero-order chi connectivity index (χ0) is 10.0. The van der Waals surface area contributed by atoms with Gasteiger partial charge in [0.1, 0.15) is 0 Å². The second kappa shape index (κ2) is 3.62. The first-order valence-electron chi connectivity index (χ1n) is 3.39. The van der Waals surface area contributed by atoms with Crippen LogP contribution >= 0.6 is 11.6 Å². The van der Waals surface area contributed by atoms with Crippen molar-refractivity contribution in [2.75, 3.05) is 7.11 Å². The van der Waals surface area contributed by atoms with Gasteiger partial charge in [-0.05, 0) is 12.1 Å². The van der Waals surface area contributed by atoms with E-state index in [0.717, 1.165) is 0 Å². The number of hydrogen-bond acceptors (Lipinski definition) is 2. The summed E-state index contributed by atoms with van der Waals surface area (Å²) in [4.78, 5) is 10.7. The third-order valence-corrected chi connectivity index (χ3v) is 1.90. The molecule has 0 bridgehead atoms. The first-order valence-corrected chi connectivity index (χ1v) is 3.77. The van der Waals surface area contributed by atoms with Crippen LogP contribution in [0.25, 0.3) is 0 Å². The Morgan fingerprint density at radius 3 is 2.69 bits per heavy atom. The molecule has 70 valence electrons. The molecule has 0 spiro atoms. The van der Waals surface area contributed by atoms with Gasteiger partial charge in [-0.15, -0.1) is 0 Å². The maximum absolute atomic E-state index is 13.2. The standard InChI is InChI=1S/C8H7ClFNO2/c1-13-5-3-2-4(8(11)12)6(9)7(5)10/h2-3H,1H3,(H2,11,12). The van der Waals surface area contributed by atoms with E-state index in [9.17, 15) is 9.18 Å². The third-order valence-electron chi connectivity index (χ3n) is 1.53. The van der Waals surface area contributed by atoms with Gasteiger partial charge < -0.3 is 10.5 Å². The molecule has 0 saturated carbocycles. The van der Waals surface area contributed by atoms with Crippen LogP contribution in [0.2, 0.25) is 5.02 Å². The minimum atomic E-state index is -0.777. The van der Waals surface area contributed by atoms with Crippen LogP contribution in [0.3, 0.4) is 0 Å². The highest BCUT2D eigenvalue weighted by Gasteiger charge is 2.14. The minimum Gasteiger partial charge on any atom is -0.494 e. The number of primary amides is 1. The molecule has 0 fully saturated rings. The number of amides is 1. The van der Waals surface area contributed by atoms with Gasteiger partial charge >= 0.3 is 0 Å². The fourth-order valence-corrected chi connectivity index (χ4v) is 1.13. The molecule has 0 heterocycles. The van der Waals surface area contributed by atoms with Crippen molar-refractivity contribution in [2.45, 2.75) is 0 Å². The molecule has 5 heteroatoms. The summed E-state index contributed by atoms with van der Waals surface area (Å²) in [5, 5.41) is -0.313. The van der Waals surface area contributed by atoms with Gasteiger partial charge in [0.2, 0.25) is 5.91 Å². The van der Waals surface area contributed by atoms with Crippen molar-refractivity contribution in [3.05, 3.63) is 28.5 Å². The third kappa shape index (κ3) is 1.72. The maximum Gasteiger partial charge on any atom is 0.250 e. The number of benzene rings is 1. The van der Waals surface area contributed by atoms with Gasteiger partial charge in [-0.25, -0.2) is 4.39 Å². The molecule has 0 aliphatic rings. The predicted molar refractivity (Wildman–Crippen MR) is 46.5 cm³/mol. The van der Waals surface area contributed by atoms with Crippen LogP contribution < -0.4 is 10.5 Å². The van der Waals surface area contributed by atoms with Crippen molar-refractivity contribution >= 4 is 17.5 Å². The molecule has 0 radical (unpaired) electrons. The van der Waals surface area contributed by atoms with E-state index < -0.39 is 11.7 Å². The largest absolute Gasteiger partial charge is 0.494 e. The average molecular weight is 204 g/mol. The fourth-order valence-electron chi connectivity index (χ4n) is 0.880. The van der Waals surface area contributed by atoms with Gasteiger partial charge in [0.05, 0.1) is 17.7 Å². The van der Waals surface area contributed by atoms with E-state index in [0.29, 0.717) is 0 Å². The molecule has 0 saturated heterocycles. The molecule has 0 unspecified atom stereocenters. The second-order valence-electron chi connectivity index (χ2n) is 2.31. The number of halogens is 2. The zero-order valence-electron chi connectivity index (χ0n) is 6.80. The number of methoxy groups -OCH3 is 1. The van der Waals surface area contributed by atoms with Gasteiger partial charge in [0.15, 0.2) is 11.6 Å². The van der Waals surface area contributed by atoms with Crippen molar-refractivity contribution in [1.82, 2.24) is 0 Å². The summed E-state index contributed by atoms with van der Waals surface area (Å²) in [6.45, 7) is 0. The molecule has 0 aliphatic carbocycles. The van der Waals surface area contributed by atoms with Gasteiger partial charge in [0.25, 0.3) is 0 Å². The van der Waals surface area contributed by atoms with Gasteiger partial charge in [0, 0.05) is 0 Å². The lowest BCUT2D eigenvalue weighted by Crippen LogP contribution is -2.12. The summed E-state index contributed by atoms with van der Waals surface area (Å²) >= 11 is 5.52. The average Bonchev–Trinajstić information content (AvgIpc) is 2.09. The monoisotopic (exact) mass is 203 g/mol. The minimum absolute atomic E-state index is 0.0185. The SMILES string of the molecule is COc1ccc(C(N)=O)c(Cl)c1F. The molecule has 3 nitrogen and oxygen atoms in total. The molecule has 0 aromatic heterocycles. The van der Waals surface area contributed by atoms with Crippen molar-refractivity contribution in [2.24, 2.45) is 5.73 Å². The summed E-state index contributed by atoms with van der Waals surface area (Å²) in [7, 11) is 1.30. The molecule has 0 atom stereocenters. The zero-order valence-corrected chi connectivity index (χ0v) is 7.56. The molecular formula is C8H7ClFNO2. The van der Waals surface area contributed by atoms with E-state index >= 15 is 0 Å². The van der Waals surface area contributed by atoms with Crippen LogP contribution in [0.15, 0.2) is 12.1 Å². The number of carbonyl (C=O) groups is 1. The van der Waals surface area contributed by atoms with Crippen molar-refractivity contribution in [3.8, 4) is 5.75 Å². The summed E-state index contributed by atoms with van der Waals surface area (Å²) < 4.78 is 17.8. The lowest BCUT2D eigenvalue weighted by atomic mass is 10.2. The highest BCUT2D eigenvalue weighted by molar-refractivity contribution is 6.34. The van der Waals surface area contributed by atoms with E-state index in [1.165, 1.54) is 19.2 Å². The Morgan fingerprint density at radius 2 is 2.23 bits per heavy atom. The second-order valence-corrected chi connectivity index (χ2v) is 2.69. The van der Waals surface area contributed by atoms with E-state index in [4.69, 9.17) is 17.3 Å². The van der Waals surface area contributed by atoms with Crippen LogP contribution in [0.1, 0.15) is 10.4 Å². The van der Waals surface area contributed by atoms with Crippen LogP contribution in [0.4, 0.5) is 4.39 Å². The summed E-state index contributed by atoms with van der Waals surface area (Å²) in [5.74, 6) is -1.57. The first-order chi connectivity index (χ1) is 6.07. The highest BCUT2D eigenvalue weighted by atomic mass is 35.5. The van der Waals surface area contributed by atoms with Crippen molar-refractivity contribution in [1.29, 1.82) is 0 Å². The van der Waals surface area contributed by atoms with Gasteiger partial charge in [-0.3, -0.25) is 4.79 Å². The molecule has 2 N–H and O–H groups in total. The number of nitrogens with two attached hydrogens (primary N) is 1. The van der Waals surface area contributed by atoms with E-state index in [1.54, 1.807) is 0 Å². The lowest BCUT2D eigenvalue weighted by molar-refractivity contribution is 0.1000. The van der Waals surface area contributed by atoms with Gasteiger partial charge in [-0.1, -0.05) is 11.6 Å². The summed E-state index contributed by atoms with van der Waals surface area (Å²) in [5.41, 5.74) is 4.89. The topological polar surface area (TPSA) is 52.3 Å². The first kappa shape index (κ1) is 9.80. The van der Waals surface area contributed by atoms with Crippen LogP contribution in [-0.4, -0.2) is 13.0 Å². The summed E-state index contributed by atoms with van der Waals surface area (Å²) in [6.07, 6.45) is 0. The lowest BCUT2D eigenvalue weighted by Gasteiger charge is -2.05. The van der Waals surface area contributed by atoms with E-state index in [-0.39, 0.29) is 16.3 Å². The molecule has 1 amide bonds. The molecular weight excluding hydrogens is 197 g/mol. The smallest absolute Gasteiger partial charge is 0.250 e. The maximum atomic E-state index is 13.2. The van der Waals surface area contributed by atoms with E-state index in [2.05, 4.69) is 4.74 Å². The Morgan fingerprint density at radius 1 is 1.62 bits per heavy atom. The van der Waals surface area contributed by atoms with E-state index in [1.807, 2.05) is 0 Å². The Labute approximate surface area is 79.2 Å². The molecule has 13 heavy (non-hydrogen) atoms. The molecule has 1 aromatic carbocycles. The Balaban J connectivity index is 3.31. The number of carbonyl (C=O) groups excluding carboxylic acids is 1. The van der Waals surface area contributed by atoms with Gasteiger partial charge in [-0.2, -0.15) is 0 Å². The number of rotatable bonds is 2. The van der Waals surface area contributed by atoms with Crippen molar-refractivity contribution in [3.63, 3.8) is 0 Å². The highest BCUT2D eigenvalue weighted by Crippen LogP contribution is 2.27. The van der Waals surface area contributed by atoms with Crippen LogP contribution in [0.5, 0.6) is 5.75 Å². The molecule has 1 aromatic rings. The number of ether oxygens (including phenoxy) is 1. The molecule has 0 aliphatic heterocycles. The predicted octanol–water partition coefficient (Wildman–Crippen LogP) is 1.59.